The summed E-state index contributed by atoms with van der Waals surface area (Å²) in [5.41, 5.74) is 5.13. The molecule has 1 aliphatic carbocycles. The summed E-state index contributed by atoms with van der Waals surface area (Å²) in [5, 5.41) is 4.92. The first-order valence-electron chi connectivity index (χ1n) is 15.2. The molecule has 0 spiro atoms. The van der Waals surface area contributed by atoms with Crippen molar-refractivity contribution in [2.24, 2.45) is 7.05 Å². The molecule has 10 nitrogen and oxygen atoms in total. The Balaban J connectivity index is 1.37. The van der Waals surface area contributed by atoms with Crippen molar-refractivity contribution < 1.29 is 22.6 Å². The number of hydrogen-bond acceptors (Lipinski definition) is 8. The fourth-order valence-electron chi connectivity index (χ4n) is 5.44. The molecule has 0 bridgehead atoms. The van der Waals surface area contributed by atoms with Gasteiger partial charge in [0.1, 0.15) is 35.5 Å². The van der Waals surface area contributed by atoms with Gasteiger partial charge in [-0.3, -0.25) is 0 Å². The molecule has 1 saturated carbocycles. The number of methoxy groups -OCH3 is 1. The van der Waals surface area contributed by atoms with Crippen LogP contribution in [-0.4, -0.2) is 61.1 Å². The van der Waals surface area contributed by atoms with Gasteiger partial charge in [-0.2, -0.15) is 18.3 Å². The zero-order valence-electron chi connectivity index (χ0n) is 26.8. The van der Waals surface area contributed by atoms with Gasteiger partial charge in [-0.05, 0) is 36.9 Å². The number of alkyl halides is 3. The lowest BCUT2D eigenvalue weighted by Gasteiger charge is -2.15. The van der Waals surface area contributed by atoms with Crippen molar-refractivity contribution in [3.8, 4) is 28.7 Å². The van der Waals surface area contributed by atoms with Crippen molar-refractivity contribution in [2.45, 2.75) is 70.7 Å². The van der Waals surface area contributed by atoms with Crippen LogP contribution >= 0.6 is 0 Å². The summed E-state index contributed by atoms with van der Waals surface area (Å²) in [6, 6.07) is 6.68. The van der Waals surface area contributed by atoms with Crippen molar-refractivity contribution in [1.82, 2.24) is 39.3 Å². The second-order valence-electron chi connectivity index (χ2n) is 13.0. The topological polar surface area (TPSA) is 106 Å². The highest BCUT2D eigenvalue weighted by molar-refractivity contribution is 6.76. The second-order valence-corrected chi connectivity index (χ2v) is 18.6. The highest BCUT2D eigenvalue weighted by atomic mass is 28.3. The molecule has 0 amide bonds. The molecule has 5 aromatic rings. The molecule has 0 saturated heterocycles. The van der Waals surface area contributed by atoms with Crippen LogP contribution in [0, 0.1) is 6.92 Å². The number of aryl methyl sites for hydroxylation is 2. The van der Waals surface area contributed by atoms with E-state index in [1.165, 1.54) is 10.9 Å². The van der Waals surface area contributed by atoms with Crippen LogP contribution in [0.5, 0.6) is 5.88 Å². The van der Waals surface area contributed by atoms with E-state index in [2.05, 4.69) is 34.6 Å². The van der Waals surface area contributed by atoms with Gasteiger partial charge in [0.05, 0.1) is 24.7 Å². The van der Waals surface area contributed by atoms with E-state index >= 15 is 0 Å². The van der Waals surface area contributed by atoms with Gasteiger partial charge in [-0.1, -0.05) is 37.8 Å². The molecule has 14 heteroatoms. The maximum absolute atomic E-state index is 13.3. The van der Waals surface area contributed by atoms with Gasteiger partial charge in [0.15, 0.2) is 11.5 Å². The average Bonchev–Trinajstić information content (AvgIpc) is 3.69. The standard InChI is InChI=1S/C32H37F3N8O2Si/c1-19-13-20(7-10-22(19)30-39-25(16-42(30)2)32(33,34)35)14-23-28-24(43(41-23)18-45-11-12-46(4,5)6)15-36-29(40-28)26-27(21-8-9-21)37-17-38-31(26)44-3/h7,10,13,15-17,21H,8-9,11-12,14,18H2,1-6H3. The zero-order valence-corrected chi connectivity index (χ0v) is 27.8. The average molecular weight is 651 g/mol. The number of hydrogen-bond donors (Lipinski definition) is 0. The predicted octanol–water partition coefficient (Wildman–Crippen LogP) is 6.80. The van der Waals surface area contributed by atoms with E-state index < -0.39 is 19.9 Å². The summed E-state index contributed by atoms with van der Waals surface area (Å²) in [6.45, 7) is 9.68. The van der Waals surface area contributed by atoms with Crippen LogP contribution in [0.3, 0.4) is 0 Å². The van der Waals surface area contributed by atoms with E-state index in [0.29, 0.717) is 47.3 Å². The Morgan fingerprint density at radius 2 is 1.85 bits per heavy atom. The largest absolute Gasteiger partial charge is 0.480 e. The van der Waals surface area contributed by atoms with Crippen LogP contribution in [0.2, 0.25) is 25.7 Å². The number of imidazole rings is 1. The molecular weight excluding hydrogens is 613 g/mol. The summed E-state index contributed by atoms with van der Waals surface area (Å²) >= 11 is 0. The number of rotatable bonds is 11. The number of nitrogens with zero attached hydrogens (tertiary/aromatic N) is 8. The number of halogens is 3. The molecule has 0 radical (unpaired) electrons. The Morgan fingerprint density at radius 1 is 1.07 bits per heavy atom. The lowest BCUT2D eigenvalue weighted by Crippen LogP contribution is -2.22. The van der Waals surface area contributed by atoms with Gasteiger partial charge in [-0.25, -0.2) is 29.6 Å². The van der Waals surface area contributed by atoms with Gasteiger partial charge in [0.2, 0.25) is 5.88 Å². The van der Waals surface area contributed by atoms with E-state index in [1.54, 1.807) is 31.1 Å². The summed E-state index contributed by atoms with van der Waals surface area (Å²) in [4.78, 5) is 22.5. The Kier molecular flexibility index (Phi) is 8.44. The van der Waals surface area contributed by atoms with Gasteiger partial charge in [0, 0.05) is 45.8 Å². The second kappa shape index (κ2) is 12.2. The Hall–Kier alpha value is -4.17. The van der Waals surface area contributed by atoms with Crippen LogP contribution < -0.4 is 4.74 Å². The van der Waals surface area contributed by atoms with Gasteiger partial charge < -0.3 is 14.0 Å². The number of benzene rings is 1. The predicted molar refractivity (Wildman–Crippen MR) is 170 cm³/mol. The molecule has 6 rings (SSSR count). The van der Waals surface area contributed by atoms with Gasteiger partial charge in [-0.15, -0.1) is 0 Å². The first-order chi connectivity index (χ1) is 21.8. The highest BCUT2D eigenvalue weighted by Gasteiger charge is 2.35. The minimum absolute atomic E-state index is 0.254. The molecule has 242 valence electrons. The van der Waals surface area contributed by atoms with Crippen molar-refractivity contribution in [3.05, 3.63) is 65.1 Å². The Labute approximate surface area is 266 Å². The summed E-state index contributed by atoms with van der Waals surface area (Å²) in [7, 11) is 1.87. The highest BCUT2D eigenvalue weighted by Crippen LogP contribution is 2.45. The summed E-state index contributed by atoms with van der Waals surface area (Å²) in [5.74, 6) is 1.47. The van der Waals surface area contributed by atoms with Crippen LogP contribution in [0.1, 0.15) is 47.0 Å². The normalized spacial score (nSPS) is 13.9. The van der Waals surface area contributed by atoms with Crippen molar-refractivity contribution >= 4 is 19.1 Å². The number of ether oxygens (including phenoxy) is 2. The molecule has 46 heavy (non-hydrogen) atoms. The third-order valence-electron chi connectivity index (χ3n) is 8.07. The van der Waals surface area contributed by atoms with Crippen LogP contribution in [0.4, 0.5) is 13.2 Å². The van der Waals surface area contributed by atoms with Crippen molar-refractivity contribution in [3.63, 3.8) is 0 Å². The SMILES string of the molecule is COc1ncnc(C2CC2)c1-c1ncc2c(n1)c(Cc1ccc(-c3nc(C(F)(F)F)cn3C)c(C)c1)nn2COCC[Si](C)(C)C. The minimum Gasteiger partial charge on any atom is -0.480 e. The number of aromatic nitrogens is 8. The minimum atomic E-state index is -4.52. The first-order valence-corrected chi connectivity index (χ1v) is 18.9. The molecule has 0 atom stereocenters. The lowest BCUT2D eigenvalue weighted by molar-refractivity contribution is -0.140. The maximum atomic E-state index is 13.3. The first kappa shape index (κ1) is 31.8. The van der Waals surface area contributed by atoms with E-state index in [9.17, 15) is 13.2 Å². The molecule has 1 aliphatic rings. The molecular formula is C32H37F3N8O2Si. The summed E-state index contributed by atoms with van der Waals surface area (Å²) in [6.07, 6.45) is 2.27. The Bertz CT molecular complexity index is 1890. The quantitative estimate of drug-likeness (QED) is 0.114. The van der Waals surface area contributed by atoms with Crippen LogP contribution in [0.15, 0.2) is 36.9 Å². The molecule has 0 aliphatic heterocycles. The fraction of sp³-hybridized carbons (Fsp3) is 0.438. The lowest BCUT2D eigenvalue weighted by atomic mass is 10.0. The van der Waals surface area contributed by atoms with Crippen molar-refractivity contribution in [1.29, 1.82) is 0 Å². The maximum Gasteiger partial charge on any atom is 0.434 e. The van der Waals surface area contributed by atoms with E-state index in [4.69, 9.17) is 24.5 Å². The van der Waals surface area contributed by atoms with Crippen LogP contribution in [0.25, 0.3) is 33.8 Å². The smallest absolute Gasteiger partial charge is 0.434 e. The van der Waals surface area contributed by atoms with E-state index in [1.807, 2.05) is 19.1 Å². The number of fused-ring (bicyclic) bond motifs is 1. The molecule has 0 N–H and O–H groups in total. The van der Waals surface area contributed by atoms with Gasteiger partial charge >= 0.3 is 6.18 Å². The van der Waals surface area contributed by atoms with Crippen LogP contribution in [-0.2, 0) is 31.1 Å². The van der Waals surface area contributed by atoms with E-state index in [-0.39, 0.29) is 12.6 Å². The molecule has 0 unspecified atom stereocenters. The van der Waals surface area contributed by atoms with Crippen molar-refractivity contribution in [2.75, 3.05) is 13.7 Å². The molecule has 1 aromatic carbocycles. The zero-order chi connectivity index (χ0) is 32.8. The molecule has 4 aromatic heterocycles. The summed E-state index contributed by atoms with van der Waals surface area (Å²) < 4.78 is 54.8. The third-order valence-corrected chi connectivity index (χ3v) is 9.77. The fourth-order valence-corrected chi connectivity index (χ4v) is 6.19. The molecule has 1 fully saturated rings. The third kappa shape index (κ3) is 6.68. The van der Waals surface area contributed by atoms with E-state index in [0.717, 1.165) is 53.1 Å². The Morgan fingerprint density at radius 3 is 2.50 bits per heavy atom. The molecule has 4 heterocycles. The van der Waals surface area contributed by atoms with Gasteiger partial charge in [0.25, 0.3) is 0 Å². The monoisotopic (exact) mass is 650 g/mol.